The standard InChI is InChI=1S/C20H19NO2/c22-20-16-9-8-15(23-14-4-2-1-3-5-14)11-17(16)18-12-6-7-13(10-12)19(18)21-20/h1-5,8-9,11-13,18-19H,6-7,10H2,(H,21,22)/t12-,13+,18-,19-/m0/s1. The molecule has 3 nitrogen and oxygen atoms in total. The highest BCUT2D eigenvalue weighted by atomic mass is 16.5. The Morgan fingerprint density at radius 2 is 1.78 bits per heavy atom. The van der Waals surface area contributed by atoms with Crippen LogP contribution in [0.15, 0.2) is 48.5 Å². The van der Waals surface area contributed by atoms with E-state index < -0.39 is 0 Å². The van der Waals surface area contributed by atoms with E-state index in [1.165, 1.54) is 24.8 Å². The summed E-state index contributed by atoms with van der Waals surface area (Å²) in [6.45, 7) is 0. The van der Waals surface area contributed by atoms with Crippen LogP contribution in [0.1, 0.15) is 41.1 Å². The van der Waals surface area contributed by atoms with Crippen LogP contribution in [-0.2, 0) is 0 Å². The number of rotatable bonds is 2. The first-order chi connectivity index (χ1) is 11.3. The lowest BCUT2D eigenvalue weighted by molar-refractivity contribution is 0.0895. The number of fused-ring (bicyclic) bond motifs is 7. The first-order valence-electron chi connectivity index (χ1n) is 8.47. The molecule has 2 aromatic rings. The quantitative estimate of drug-likeness (QED) is 0.907. The molecule has 0 radical (unpaired) electrons. The van der Waals surface area contributed by atoms with Crippen LogP contribution in [0.25, 0.3) is 0 Å². The molecule has 3 heteroatoms. The molecule has 2 bridgehead atoms. The molecule has 1 amide bonds. The molecule has 2 aliphatic carbocycles. The second-order valence-electron chi connectivity index (χ2n) is 7.02. The fraction of sp³-hybridized carbons (Fsp3) is 0.350. The number of ether oxygens (including phenoxy) is 1. The van der Waals surface area contributed by atoms with Gasteiger partial charge in [0.15, 0.2) is 0 Å². The molecule has 1 heterocycles. The second-order valence-corrected chi connectivity index (χ2v) is 7.02. The summed E-state index contributed by atoms with van der Waals surface area (Å²) >= 11 is 0. The minimum Gasteiger partial charge on any atom is -0.457 e. The highest BCUT2D eigenvalue weighted by Gasteiger charge is 2.51. The first-order valence-corrected chi connectivity index (χ1v) is 8.47. The molecule has 2 saturated carbocycles. The van der Waals surface area contributed by atoms with Crippen molar-refractivity contribution in [3.63, 3.8) is 0 Å². The highest BCUT2D eigenvalue weighted by Crippen LogP contribution is 2.55. The lowest BCUT2D eigenvalue weighted by Crippen LogP contribution is -2.47. The van der Waals surface area contributed by atoms with Gasteiger partial charge in [-0.1, -0.05) is 18.2 Å². The second kappa shape index (κ2) is 4.85. The summed E-state index contributed by atoms with van der Waals surface area (Å²) in [5.41, 5.74) is 2.03. The first kappa shape index (κ1) is 13.2. The number of para-hydroxylation sites is 1. The Morgan fingerprint density at radius 1 is 0.957 bits per heavy atom. The van der Waals surface area contributed by atoms with Gasteiger partial charge in [0.1, 0.15) is 11.5 Å². The van der Waals surface area contributed by atoms with E-state index in [-0.39, 0.29) is 5.91 Å². The van der Waals surface area contributed by atoms with Crippen LogP contribution in [0.5, 0.6) is 11.5 Å². The summed E-state index contributed by atoms with van der Waals surface area (Å²) < 4.78 is 5.98. The van der Waals surface area contributed by atoms with Crippen LogP contribution >= 0.6 is 0 Å². The lowest BCUT2D eigenvalue weighted by atomic mass is 9.75. The molecule has 116 valence electrons. The third-order valence-corrected chi connectivity index (χ3v) is 5.82. The Hall–Kier alpha value is -2.29. The molecule has 23 heavy (non-hydrogen) atoms. The maximum absolute atomic E-state index is 12.4. The number of amides is 1. The molecule has 2 fully saturated rings. The van der Waals surface area contributed by atoms with Crippen LogP contribution in [0.2, 0.25) is 0 Å². The van der Waals surface area contributed by atoms with Crippen LogP contribution in [-0.4, -0.2) is 11.9 Å². The molecule has 2 aromatic carbocycles. The molecule has 1 aliphatic heterocycles. The molecule has 0 unspecified atom stereocenters. The van der Waals surface area contributed by atoms with Crippen molar-refractivity contribution in [1.29, 1.82) is 0 Å². The molecule has 0 saturated heterocycles. The number of carbonyl (C=O) groups excluding carboxylic acids is 1. The van der Waals surface area contributed by atoms with Crippen molar-refractivity contribution in [2.45, 2.75) is 31.2 Å². The third-order valence-electron chi connectivity index (χ3n) is 5.82. The number of hydrogen-bond donors (Lipinski definition) is 1. The van der Waals surface area contributed by atoms with Crippen molar-refractivity contribution in [3.8, 4) is 11.5 Å². The van der Waals surface area contributed by atoms with Crippen molar-refractivity contribution < 1.29 is 9.53 Å². The van der Waals surface area contributed by atoms with Crippen molar-refractivity contribution in [2.75, 3.05) is 0 Å². The Morgan fingerprint density at radius 3 is 2.65 bits per heavy atom. The minimum absolute atomic E-state index is 0.0834. The molecule has 1 N–H and O–H groups in total. The maximum atomic E-state index is 12.4. The van der Waals surface area contributed by atoms with Crippen molar-refractivity contribution in [1.82, 2.24) is 5.32 Å². The largest absolute Gasteiger partial charge is 0.457 e. The summed E-state index contributed by atoms with van der Waals surface area (Å²) in [5, 5.41) is 3.26. The van der Waals surface area contributed by atoms with Gasteiger partial charge in [-0.25, -0.2) is 0 Å². The zero-order chi connectivity index (χ0) is 15.4. The van der Waals surface area contributed by atoms with Crippen LogP contribution < -0.4 is 10.1 Å². The van der Waals surface area contributed by atoms with E-state index in [4.69, 9.17) is 4.74 Å². The van der Waals surface area contributed by atoms with Crippen molar-refractivity contribution in [2.24, 2.45) is 11.8 Å². The van der Waals surface area contributed by atoms with Gasteiger partial charge in [0.25, 0.3) is 5.91 Å². The molecule has 4 atom stereocenters. The predicted molar refractivity (Wildman–Crippen MR) is 87.8 cm³/mol. The van der Waals surface area contributed by atoms with Crippen molar-refractivity contribution in [3.05, 3.63) is 59.7 Å². The van der Waals surface area contributed by atoms with E-state index in [1.54, 1.807) is 0 Å². The minimum atomic E-state index is 0.0834. The fourth-order valence-electron chi connectivity index (χ4n) is 4.89. The number of nitrogens with one attached hydrogen (secondary N) is 1. The maximum Gasteiger partial charge on any atom is 0.251 e. The van der Waals surface area contributed by atoms with Gasteiger partial charge in [-0.2, -0.15) is 0 Å². The Kier molecular flexibility index (Phi) is 2.78. The summed E-state index contributed by atoms with van der Waals surface area (Å²) in [4.78, 5) is 12.4. The SMILES string of the molecule is O=C1N[C@H]2[C@@H]3CC[C@@H](C3)[C@H]2c2cc(Oc3ccccc3)ccc21. The molecule has 0 aromatic heterocycles. The molecule has 5 rings (SSSR count). The summed E-state index contributed by atoms with van der Waals surface area (Å²) in [6.07, 6.45) is 3.82. The lowest BCUT2D eigenvalue weighted by Gasteiger charge is -2.37. The Balaban J connectivity index is 1.54. The summed E-state index contributed by atoms with van der Waals surface area (Å²) in [5.74, 6) is 3.60. The number of benzene rings is 2. The van der Waals surface area contributed by atoms with Gasteiger partial charge in [-0.15, -0.1) is 0 Å². The Bertz CT molecular complexity index is 770. The van der Waals surface area contributed by atoms with Crippen molar-refractivity contribution >= 4 is 5.91 Å². The van der Waals surface area contributed by atoms with E-state index in [1.807, 2.05) is 42.5 Å². The third kappa shape index (κ3) is 1.99. The molecular formula is C20H19NO2. The van der Waals surface area contributed by atoms with E-state index in [9.17, 15) is 4.79 Å². The average Bonchev–Trinajstić information content (AvgIpc) is 3.17. The topological polar surface area (TPSA) is 38.3 Å². The predicted octanol–water partition coefficient (Wildman–Crippen LogP) is 4.10. The zero-order valence-corrected chi connectivity index (χ0v) is 12.9. The summed E-state index contributed by atoms with van der Waals surface area (Å²) in [7, 11) is 0. The molecular weight excluding hydrogens is 286 g/mol. The van der Waals surface area contributed by atoms with Gasteiger partial charge in [0.05, 0.1) is 0 Å². The highest BCUT2D eigenvalue weighted by molar-refractivity contribution is 5.97. The van der Waals surface area contributed by atoms with E-state index >= 15 is 0 Å². The van der Waals surface area contributed by atoms with E-state index in [0.717, 1.165) is 23.0 Å². The summed E-state index contributed by atoms with van der Waals surface area (Å²) in [6, 6.07) is 16.1. The fourth-order valence-corrected chi connectivity index (χ4v) is 4.89. The van der Waals surface area contributed by atoms with Gasteiger partial charge in [0, 0.05) is 17.5 Å². The van der Waals surface area contributed by atoms with E-state index in [2.05, 4.69) is 11.4 Å². The van der Waals surface area contributed by atoms with Gasteiger partial charge in [-0.05, 0) is 67.0 Å². The van der Waals surface area contributed by atoms with Gasteiger partial charge >= 0.3 is 0 Å². The van der Waals surface area contributed by atoms with Crippen LogP contribution in [0.4, 0.5) is 0 Å². The van der Waals surface area contributed by atoms with Crippen LogP contribution in [0.3, 0.4) is 0 Å². The normalized spacial score (nSPS) is 30.5. The Labute approximate surface area is 135 Å². The van der Waals surface area contributed by atoms with E-state index in [0.29, 0.717) is 17.9 Å². The average molecular weight is 305 g/mol. The van der Waals surface area contributed by atoms with Gasteiger partial charge in [-0.3, -0.25) is 4.79 Å². The smallest absolute Gasteiger partial charge is 0.251 e. The monoisotopic (exact) mass is 305 g/mol. The molecule has 3 aliphatic rings. The number of hydrogen-bond acceptors (Lipinski definition) is 2. The van der Waals surface area contributed by atoms with Gasteiger partial charge in [0.2, 0.25) is 0 Å². The van der Waals surface area contributed by atoms with Gasteiger partial charge < -0.3 is 10.1 Å². The van der Waals surface area contributed by atoms with Crippen LogP contribution in [0, 0.1) is 11.8 Å². The molecule has 0 spiro atoms. The zero-order valence-electron chi connectivity index (χ0n) is 12.9. The number of carbonyl (C=O) groups is 1.